The highest BCUT2D eigenvalue weighted by Crippen LogP contribution is 2.40. The van der Waals surface area contributed by atoms with Gasteiger partial charge in [0.05, 0.1) is 4.47 Å². The molecule has 1 aromatic rings. The summed E-state index contributed by atoms with van der Waals surface area (Å²) in [6.07, 6.45) is 0. The van der Waals surface area contributed by atoms with Gasteiger partial charge in [-0.15, -0.1) is 0 Å². The van der Waals surface area contributed by atoms with Crippen LogP contribution in [0.15, 0.2) is 15.0 Å². The van der Waals surface area contributed by atoms with Crippen LogP contribution in [0, 0.1) is 6.92 Å². The fourth-order valence-corrected chi connectivity index (χ4v) is 1.54. The smallest absolute Gasteiger partial charge is 0.173 e. The summed E-state index contributed by atoms with van der Waals surface area (Å²) in [4.78, 5) is 0. The largest absolute Gasteiger partial charge is 0.504 e. The molecule has 0 atom stereocenters. The number of halogens is 2. The summed E-state index contributed by atoms with van der Waals surface area (Å²) in [7, 11) is 0. The van der Waals surface area contributed by atoms with Gasteiger partial charge in [0, 0.05) is 4.47 Å². The SMILES string of the molecule is Cc1cc(O)c(O)c(Br)c1Br. The van der Waals surface area contributed by atoms with Crippen molar-refractivity contribution in [1.29, 1.82) is 0 Å². The molecule has 0 fully saturated rings. The highest BCUT2D eigenvalue weighted by atomic mass is 79.9. The highest BCUT2D eigenvalue weighted by molar-refractivity contribution is 9.13. The van der Waals surface area contributed by atoms with E-state index in [-0.39, 0.29) is 11.5 Å². The fourth-order valence-electron chi connectivity index (χ4n) is 0.726. The van der Waals surface area contributed by atoms with E-state index in [1.165, 1.54) is 6.07 Å². The second-order valence-electron chi connectivity index (χ2n) is 2.19. The maximum Gasteiger partial charge on any atom is 0.173 e. The number of rotatable bonds is 0. The van der Waals surface area contributed by atoms with Crippen molar-refractivity contribution >= 4 is 31.9 Å². The monoisotopic (exact) mass is 280 g/mol. The summed E-state index contributed by atoms with van der Waals surface area (Å²) in [5.41, 5.74) is 0.868. The van der Waals surface area contributed by atoms with Crippen LogP contribution in [0.5, 0.6) is 11.5 Å². The van der Waals surface area contributed by atoms with Crippen LogP contribution in [0.4, 0.5) is 0 Å². The van der Waals surface area contributed by atoms with Gasteiger partial charge in [-0.05, 0) is 50.4 Å². The van der Waals surface area contributed by atoms with Crippen LogP contribution < -0.4 is 0 Å². The van der Waals surface area contributed by atoms with Crippen LogP contribution in [0.2, 0.25) is 0 Å². The summed E-state index contributed by atoms with van der Waals surface area (Å²) in [6.45, 7) is 1.83. The van der Waals surface area contributed by atoms with Crippen molar-refractivity contribution < 1.29 is 10.2 Å². The molecule has 0 amide bonds. The molecule has 2 nitrogen and oxygen atoms in total. The van der Waals surface area contributed by atoms with Crippen molar-refractivity contribution in [2.45, 2.75) is 6.92 Å². The number of benzene rings is 1. The normalized spacial score (nSPS) is 10.1. The first-order valence-corrected chi connectivity index (χ1v) is 4.49. The minimum absolute atomic E-state index is 0.113. The molecule has 0 spiro atoms. The van der Waals surface area contributed by atoms with Gasteiger partial charge >= 0.3 is 0 Å². The van der Waals surface area contributed by atoms with E-state index in [0.29, 0.717) is 4.47 Å². The van der Waals surface area contributed by atoms with Gasteiger partial charge in [-0.1, -0.05) is 0 Å². The third-order valence-corrected chi connectivity index (χ3v) is 3.67. The standard InChI is InChI=1S/C7H6Br2O2/c1-3-2-4(10)7(11)6(9)5(3)8/h2,10-11H,1H3. The Kier molecular flexibility index (Phi) is 2.44. The third-order valence-electron chi connectivity index (χ3n) is 1.34. The van der Waals surface area contributed by atoms with Crippen LogP contribution in [0.1, 0.15) is 5.56 Å². The molecular weight excluding hydrogens is 276 g/mol. The summed E-state index contributed by atoms with van der Waals surface area (Å²) in [5.74, 6) is -0.250. The van der Waals surface area contributed by atoms with Crippen molar-refractivity contribution in [1.82, 2.24) is 0 Å². The van der Waals surface area contributed by atoms with Gasteiger partial charge < -0.3 is 10.2 Å². The quantitative estimate of drug-likeness (QED) is 0.718. The van der Waals surface area contributed by atoms with Gasteiger partial charge in [0.1, 0.15) is 0 Å². The first kappa shape index (κ1) is 8.87. The average molecular weight is 282 g/mol. The van der Waals surface area contributed by atoms with E-state index < -0.39 is 0 Å². The lowest BCUT2D eigenvalue weighted by atomic mass is 10.2. The molecule has 0 saturated heterocycles. The second kappa shape index (κ2) is 3.03. The molecule has 1 aromatic carbocycles. The molecule has 4 heteroatoms. The lowest BCUT2D eigenvalue weighted by Gasteiger charge is -2.05. The Balaban J connectivity index is 3.46. The fraction of sp³-hybridized carbons (Fsp3) is 0.143. The van der Waals surface area contributed by atoms with Gasteiger partial charge in [-0.3, -0.25) is 0 Å². The highest BCUT2D eigenvalue weighted by Gasteiger charge is 2.10. The number of hydrogen-bond acceptors (Lipinski definition) is 2. The van der Waals surface area contributed by atoms with Crippen LogP contribution in [0.3, 0.4) is 0 Å². The molecule has 1 rings (SSSR count). The van der Waals surface area contributed by atoms with Gasteiger partial charge in [0.2, 0.25) is 0 Å². The van der Waals surface area contributed by atoms with E-state index in [9.17, 15) is 5.11 Å². The third kappa shape index (κ3) is 1.51. The summed E-state index contributed by atoms with van der Waals surface area (Å²) in [6, 6.07) is 1.49. The number of aromatic hydroxyl groups is 2. The Labute approximate surface area is 81.1 Å². The van der Waals surface area contributed by atoms with Crippen molar-refractivity contribution in [2.75, 3.05) is 0 Å². The Morgan fingerprint density at radius 2 is 1.73 bits per heavy atom. The van der Waals surface area contributed by atoms with E-state index in [4.69, 9.17) is 5.11 Å². The van der Waals surface area contributed by atoms with Gasteiger partial charge in [-0.25, -0.2) is 0 Å². The lowest BCUT2D eigenvalue weighted by molar-refractivity contribution is 0.400. The van der Waals surface area contributed by atoms with E-state index in [2.05, 4.69) is 31.9 Å². The molecule has 0 aliphatic heterocycles. The molecule has 0 aliphatic rings. The van der Waals surface area contributed by atoms with Crippen LogP contribution in [-0.4, -0.2) is 10.2 Å². The van der Waals surface area contributed by atoms with Gasteiger partial charge in [0.15, 0.2) is 11.5 Å². The molecule has 0 saturated carbocycles. The molecule has 0 bridgehead atoms. The zero-order valence-electron chi connectivity index (χ0n) is 5.73. The molecule has 0 unspecified atom stereocenters. The first-order valence-electron chi connectivity index (χ1n) is 2.90. The average Bonchev–Trinajstić information content (AvgIpc) is 1.97. The van der Waals surface area contributed by atoms with Crippen LogP contribution in [0.25, 0.3) is 0 Å². The zero-order valence-corrected chi connectivity index (χ0v) is 8.90. The second-order valence-corrected chi connectivity index (χ2v) is 3.78. The Morgan fingerprint density at radius 1 is 1.18 bits per heavy atom. The molecule has 11 heavy (non-hydrogen) atoms. The molecular formula is C7H6Br2O2. The zero-order chi connectivity index (χ0) is 8.59. The van der Waals surface area contributed by atoms with E-state index in [1.807, 2.05) is 6.92 Å². The van der Waals surface area contributed by atoms with Crippen LogP contribution >= 0.6 is 31.9 Å². The Hall–Kier alpha value is -0.220. The Morgan fingerprint density at radius 3 is 2.27 bits per heavy atom. The van der Waals surface area contributed by atoms with Crippen molar-refractivity contribution in [3.63, 3.8) is 0 Å². The summed E-state index contributed by atoms with van der Waals surface area (Å²) in [5, 5.41) is 18.3. The van der Waals surface area contributed by atoms with Gasteiger partial charge in [-0.2, -0.15) is 0 Å². The summed E-state index contributed by atoms with van der Waals surface area (Å²) < 4.78 is 1.24. The molecule has 0 aliphatic carbocycles. The van der Waals surface area contributed by atoms with Crippen LogP contribution in [-0.2, 0) is 0 Å². The maximum atomic E-state index is 9.18. The predicted octanol–water partition coefficient (Wildman–Crippen LogP) is 2.93. The van der Waals surface area contributed by atoms with E-state index in [0.717, 1.165) is 10.0 Å². The minimum Gasteiger partial charge on any atom is -0.504 e. The number of hydrogen-bond donors (Lipinski definition) is 2. The lowest BCUT2D eigenvalue weighted by Crippen LogP contribution is -1.79. The van der Waals surface area contributed by atoms with Crippen molar-refractivity contribution in [3.8, 4) is 11.5 Å². The molecule has 2 N–H and O–H groups in total. The Bertz CT molecular complexity index is 271. The van der Waals surface area contributed by atoms with Gasteiger partial charge in [0.25, 0.3) is 0 Å². The predicted molar refractivity (Wildman–Crippen MR) is 49.9 cm³/mol. The van der Waals surface area contributed by atoms with E-state index >= 15 is 0 Å². The first-order chi connectivity index (χ1) is 5.04. The molecule has 60 valence electrons. The van der Waals surface area contributed by atoms with Crippen molar-refractivity contribution in [2.24, 2.45) is 0 Å². The molecule has 0 aromatic heterocycles. The maximum absolute atomic E-state index is 9.18. The topological polar surface area (TPSA) is 40.5 Å². The minimum atomic E-state index is -0.137. The number of phenolic OH excluding ortho intramolecular Hbond substituents is 2. The number of aryl methyl sites for hydroxylation is 1. The van der Waals surface area contributed by atoms with E-state index in [1.54, 1.807) is 0 Å². The molecule has 0 radical (unpaired) electrons. The molecule has 0 heterocycles. The van der Waals surface area contributed by atoms with Crippen molar-refractivity contribution in [3.05, 3.63) is 20.6 Å². The summed E-state index contributed by atoms with van der Waals surface area (Å²) >= 11 is 6.37. The number of phenols is 2.